The van der Waals surface area contributed by atoms with E-state index in [4.69, 9.17) is 4.74 Å². The lowest BCUT2D eigenvalue weighted by molar-refractivity contribution is 0.305. The molecular weight excluding hydrogens is 492 g/mol. The SMILES string of the molecule is O=c1c(C2=NS(O)(O)c3cc(OCc4ccccc4)ccc3N2)c(O)c2ccccc2n1NC1CCC1. The maximum atomic E-state index is 13.6. The van der Waals surface area contributed by atoms with Gasteiger partial charge in [0.15, 0.2) is 5.84 Å². The van der Waals surface area contributed by atoms with Crippen LogP contribution in [0.25, 0.3) is 10.9 Å². The molecule has 0 atom stereocenters. The number of nitrogens with zero attached hydrogens (tertiary/aromatic N) is 2. The molecule has 10 heteroatoms. The number of hydrogen-bond donors (Lipinski definition) is 5. The Labute approximate surface area is 214 Å². The molecule has 4 aromatic rings. The van der Waals surface area contributed by atoms with E-state index in [0.29, 0.717) is 28.9 Å². The van der Waals surface area contributed by atoms with Crippen LogP contribution in [0.5, 0.6) is 11.5 Å². The first-order chi connectivity index (χ1) is 17.9. The molecule has 0 radical (unpaired) electrons. The van der Waals surface area contributed by atoms with Crippen molar-refractivity contribution >= 4 is 33.2 Å². The molecule has 37 heavy (non-hydrogen) atoms. The molecule has 1 aliphatic heterocycles. The maximum absolute atomic E-state index is 13.6. The highest BCUT2D eigenvalue weighted by atomic mass is 32.3. The third-order valence-electron chi connectivity index (χ3n) is 6.68. The van der Waals surface area contributed by atoms with E-state index in [0.717, 1.165) is 24.8 Å². The molecule has 1 fully saturated rings. The zero-order valence-electron chi connectivity index (χ0n) is 19.8. The van der Waals surface area contributed by atoms with Crippen LogP contribution in [0.2, 0.25) is 0 Å². The summed E-state index contributed by atoms with van der Waals surface area (Å²) < 4.78 is 33.3. The predicted octanol–water partition coefficient (Wildman–Crippen LogP) is 5.28. The van der Waals surface area contributed by atoms with Crippen molar-refractivity contribution in [3.8, 4) is 11.5 Å². The first-order valence-electron chi connectivity index (χ1n) is 12.0. The standard InChI is InChI=1S/C27H26N4O5S/c32-25-20-11-4-5-12-22(20)31(29-18-9-6-10-18)27(33)24(25)26-28-21-14-13-19(15-23(21)37(34,35)30-26)36-16-17-7-2-1-3-8-17/h1-5,7-8,11-15,18,29,32,34-35H,6,9-10,16H2,(H,28,30). The second kappa shape index (κ2) is 9.15. The highest BCUT2D eigenvalue weighted by molar-refractivity contribution is 8.23. The van der Waals surface area contributed by atoms with Gasteiger partial charge < -0.3 is 20.6 Å². The topological polar surface area (TPSA) is 128 Å². The number of anilines is 1. The Bertz CT molecular complexity index is 1580. The van der Waals surface area contributed by atoms with Gasteiger partial charge in [0.1, 0.15) is 28.6 Å². The van der Waals surface area contributed by atoms with Gasteiger partial charge in [-0.3, -0.25) is 13.9 Å². The van der Waals surface area contributed by atoms with Gasteiger partial charge in [-0.15, -0.1) is 4.40 Å². The van der Waals surface area contributed by atoms with Crippen molar-refractivity contribution in [3.05, 3.63) is 94.3 Å². The number of rotatable bonds is 6. The largest absolute Gasteiger partial charge is 0.506 e. The van der Waals surface area contributed by atoms with Gasteiger partial charge in [0.05, 0.1) is 11.2 Å². The predicted molar refractivity (Wildman–Crippen MR) is 145 cm³/mol. The van der Waals surface area contributed by atoms with Crippen LogP contribution in [0.3, 0.4) is 0 Å². The van der Waals surface area contributed by atoms with E-state index in [1.54, 1.807) is 36.4 Å². The van der Waals surface area contributed by atoms with Crippen molar-refractivity contribution in [2.24, 2.45) is 4.40 Å². The molecular formula is C27H26N4O5S. The van der Waals surface area contributed by atoms with Crippen LogP contribution in [0, 0.1) is 0 Å². The van der Waals surface area contributed by atoms with Gasteiger partial charge >= 0.3 is 0 Å². The number of para-hydroxylation sites is 1. The number of fused-ring (bicyclic) bond motifs is 2. The van der Waals surface area contributed by atoms with Crippen molar-refractivity contribution in [2.75, 3.05) is 10.7 Å². The second-order valence-electron chi connectivity index (χ2n) is 9.15. The van der Waals surface area contributed by atoms with E-state index >= 15 is 0 Å². The van der Waals surface area contributed by atoms with Crippen LogP contribution in [-0.4, -0.2) is 30.8 Å². The Morgan fingerprint density at radius 1 is 1.05 bits per heavy atom. The molecule has 2 heterocycles. The first-order valence-corrected chi connectivity index (χ1v) is 13.5. The van der Waals surface area contributed by atoms with E-state index in [9.17, 15) is 19.0 Å². The average molecular weight is 519 g/mol. The fraction of sp³-hybridized carbons (Fsp3) is 0.185. The minimum Gasteiger partial charge on any atom is -0.506 e. The van der Waals surface area contributed by atoms with E-state index < -0.39 is 16.3 Å². The van der Waals surface area contributed by atoms with Gasteiger partial charge in [-0.05, 0) is 49.1 Å². The highest BCUT2D eigenvalue weighted by Gasteiger charge is 2.31. The molecule has 0 unspecified atom stereocenters. The Morgan fingerprint density at radius 2 is 1.81 bits per heavy atom. The smallest absolute Gasteiger partial charge is 0.284 e. The van der Waals surface area contributed by atoms with Crippen molar-refractivity contribution < 1.29 is 18.9 Å². The molecule has 0 saturated heterocycles. The van der Waals surface area contributed by atoms with E-state index in [-0.39, 0.29) is 28.1 Å². The third kappa shape index (κ3) is 4.29. The van der Waals surface area contributed by atoms with Crippen molar-refractivity contribution in [2.45, 2.75) is 36.8 Å². The minimum atomic E-state index is -3.70. The van der Waals surface area contributed by atoms with Crippen LogP contribution in [0.1, 0.15) is 30.4 Å². The number of ether oxygens (including phenoxy) is 1. The highest BCUT2D eigenvalue weighted by Crippen LogP contribution is 2.56. The van der Waals surface area contributed by atoms with E-state index in [1.807, 2.05) is 30.3 Å². The average Bonchev–Trinajstić information content (AvgIpc) is 2.87. The molecule has 9 nitrogen and oxygen atoms in total. The number of pyridine rings is 1. The maximum Gasteiger partial charge on any atom is 0.284 e. The quantitative estimate of drug-likeness (QED) is 0.235. The lowest BCUT2D eigenvalue weighted by Crippen LogP contribution is -2.42. The first kappa shape index (κ1) is 23.4. The lowest BCUT2D eigenvalue weighted by atomic mass is 9.94. The summed E-state index contributed by atoms with van der Waals surface area (Å²) in [7, 11) is -3.70. The Morgan fingerprint density at radius 3 is 2.57 bits per heavy atom. The third-order valence-corrected chi connectivity index (χ3v) is 8.04. The Hall–Kier alpha value is -3.99. The summed E-state index contributed by atoms with van der Waals surface area (Å²) in [5.74, 6) is 0.0616. The molecule has 2 aliphatic rings. The summed E-state index contributed by atoms with van der Waals surface area (Å²) in [6.45, 7) is 0.319. The molecule has 190 valence electrons. The molecule has 1 aromatic heterocycles. The summed E-state index contributed by atoms with van der Waals surface area (Å²) in [6, 6.07) is 21.7. The Kier molecular flexibility index (Phi) is 5.79. The van der Waals surface area contributed by atoms with Crippen LogP contribution in [0.15, 0.2) is 86.9 Å². The summed E-state index contributed by atoms with van der Waals surface area (Å²) in [6.07, 6.45) is 2.97. The molecule has 3 aromatic carbocycles. The van der Waals surface area contributed by atoms with Crippen molar-refractivity contribution in [1.29, 1.82) is 0 Å². The molecule has 0 spiro atoms. The van der Waals surface area contributed by atoms with Crippen molar-refractivity contribution in [3.63, 3.8) is 0 Å². The summed E-state index contributed by atoms with van der Waals surface area (Å²) >= 11 is 0. The monoisotopic (exact) mass is 518 g/mol. The fourth-order valence-corrected chi connectivity index (χ4v) is 5.66. The molecule has 0 bridgehead atoms. The minimum absolute atomic E-state index is 0.108. The van der Waals surface area contributed by atoms with Crippen LogP contribution in [0.4, 0.5) is 5.69 Å². The van der Waals surface area contributed by atoms with Gasteiger partial charge in [0.25, 0.3) is 5.56 Å². The summed E-state index contributed by atoms with van der Waals surface area (Å²) in [5.41, 5.74) is 4.45. The Balaban J connectivity index is 1.38. The van der Waals surface area contributed by atoms with Crippen LogP contribution in [-0.2, 0) is 6.61 Å². The van der Waals surface area contributed by atoms with Gasteiger partial charge in [-0.1, -0.05) is 53.2 Å². The number of amidine groups is 1. The molecule has 5 N–H and O–H groups in total. The number of aromatic hydroxyl groups is 1. The number of nitrogens with one attached hydrogen (secondary N) is 2. The second-order valence-corrected chi connectivity index (χ2v) is 10.8. The number of benzene rings is 3. The van der Waals surface area contributed by atoms with Crippen molar-refractivity contribution in [1.82, 2.24) is 4.68 Å². The molecule has 1 saturated carbocycles. The number of aromatic nitrogens is 1. The molecule has 6 rings (SSSR count). The van der Waals surface area contributed by atoms with Gasteiger partial charge in [0.2, 0.25) is 0 Å². The van der Waals surface area contributed by atoms with Gasteiger partial charge in [-0.25, -0.2) is 4.68 Å². The lowest BCUT2D eigenvalue weighted by Gasteiger charge is -2.34. The zero-order valence-corrected chi connectivity index (χ0v) is 20.6. The molecule has 1 aliphatic carbocycles. The van der Waals surface area contributed by atoms with E-state index in [1.165, 1.54) is 10.7 Å². The van der Waals surface area contributed by atoms with E-state index in [2.05, 4.69) is 15.1 Å². The normalized spacial score (nSPS) is 17.2. The molecule has 0 amide bonds. The fourth-order valence-electron chi connectivity index (χ4n) is 4.49. The van der Waals surface area contributed by atoms with Gasteiger partial charge in [-0.2, -0.15) is 0 Å². The number of hydrogen-bond acceptors (Lipinski definition) is 8. The van der Waals surface area contributed by atoms with Crippen LogP contribution < -0.4 is 21.0 Å². The summed E-state index contributed by atoms with van der Waals surface area (Å²) in [5, 5.41) is 14.6. The zero-order chi connectivity index (χ0) is 25.6. The van der Waals surface area contributed by atoms with Gasteiger partial charge in [0, 0.05) is 17.5 Å². The summed E-state index contributed by atoms with van der Waals surface area (Å²) in [4.78, 5) is 13.8. The van der Waals surface area contributed by atoms with Crippen LogP contribution >= 0.6 is 10.8 Å².